The van der Waals surface area contributed by atoms with Gasteiger partial charge in [-0.1, -0.05) is 25.5 Å². The topological polar surface area (TPSA) is 72.6 Å². The highest BCUT2D eigenvalue weighted by Crippen LogP contribution is 2.33. The second-order valence-corrected chi connectivity index (χ2v) is 8.82. The number of benzene rings is 2. The van der Waals surface area contributed by atoms with Crippen LogP contribution in [0.15, 0.2) is 57.1 Å². The maximum absolute atomic E-state index is 12.4. The fourth-order valence-electron chi connectivity index (χ4n) is 3.78. The number of amides is 1. The number of rotatable bonds is 7. The molecule has 0 radical (unpaired) electrons. The minimum Gasteiger partial charge on any atom is -0.487 e. The van der Waals surface area contributed by atoms with Crippen LogP contribution in [0.2, 0.25) is 0 Å². The van der Waals surface area contributed by atoms with Crippen molar-refractivity contribution in [1.82, 2.24) is 4.98 Å². The lowest BCUT2D eigenvalue weighted by molar-refractivity contribution is -0.115. The van der Waals surface area contributed by atoms with Crippen molar-refractivity contribution in [3.05, 3.63) is 80.6 Å². The van der Waals surface area contributed by atoms with Gasteiger partial charge in [0.15, 0.2) is 5.13 Å². The fourth-order valence-corrected chi connectivity index (χ4v) is 4.65. The van der Waals surface area contributed by atoms with Crippen molar-refractivity contribution in [3.63, 3.8) is 0 Å². The lowest BCUT2D eigenvalue weighted by Crippen LogP contribution is -2.23. The van der Waals surface area contributed by atoms with Crippen LogP contribution < -0.4 is 15.3 Å². The molecule has 2 aromatic heterocycles. The van der Waals surface area contributed by atoms with E-state index in [0.29, 0.717) is 22.2 Å². The Morgan fingerprint density at radius 2 is 2.00 bits per heavy atom. The number of nitrogens with zero attached hydrogens (tertiary/aromatic N) is 2. The first kappa shape index (κ1) is 22.7. The van der Waals surface area contributed by atoms with E-state index in [1.165, 1.54) is 18.3 Å². The van der Waals surface area contributed by atoms with Gasteiger partial charge >= 0.3 is 5.63 Å². The minimum absolute atomic E-state index is 0.0991. The van der Waals surface area contributed by atoms with E-state index in [9.17, 15) is 9.59 Å². The second kappa shape index (κ2) is 9.58. The molecule has 0 N–H and O–H groups in total. The van der Waals surface area contributed by atoms with E-state index >= 15 is 0 Å². The van der Waals surface area contributed by atoms with Gasteiger partial charge < -0.3 is 9.15 Å². The average molecular weight is 463 g/mol. The fraction of sp³-hybridized carbons (Fsp3) is 0.269. The Morgan fingerprint density at radius 3 is 2.76 bits per heavy atom. The quantitative estimate of drug-likeness (QED) is 0.311. The molecule has 0 unspecified atom stereocenters. The van der Waals surface area contributed by atoms with E-state index in [-0.39, 0.29) is 18.1 Å². The van der Waals surface area contributed by atoms with Crippen molar-refractivity contribution in [2.24, 2.45) is 0 Å². The summed E-state index contributed by atoms with van der Waals surface area (Å²) in [4.78, 5) is 30.6. The minimum atomic E-state index is -0.358. The van der Waals surface area contributed by atoms with Crippen LogP contribution in [0, 0.1) is 13.8 Å². The molecule has 170 valence electrons. The molecule has 0 aliphatic rings. The summed E-state index contributed by atoms with van der Waals surface area (Å²) in [5.41, 5.74) is 4.84. The van der Waals surface area contributed by atoms with E-state index < -0.39 is 0 Å². The molecule has 4 rings (SSSR count). The summed E-state index contributed by atoms with van der Waals surface area (Å²) in [6.45, 7) is 7.87. The van der Waals surface area contributed by atoms with E-state index in [4.69, 9.17) is 9.15 Å². The van der Waals surface area contributed by atoms with Crippen molar-refractivity contribution in [3.8, 4) is 5.75 Å². The number of aromatic nitrogens is 1. The summed E-state index contributed by atoms with van der Waals surface area (Å²) in [5, 5.41) is 3.41. The van der Waals surface area contributed by atoms with Crippen molar-refractivity contribution in [2.45, 2.75) is 47.1 Å². The summed E-state index contributed by atoms with van der Waals surface area (Å²) in [6.07, 6.45) is 1.76. The molecule has 0 saturated heterocycles. The molecule has 0 spiro atoms. The van der Waals surface area contributed by atoms with E-state index in [1.807, 2.05) is 49.6 Å². The van der Waals surface area contributed by atoms with Crippen LogP contribution in [0.1, 0.15) is 42.7 Å². The molecule has 33 heavy (non-hydrogen) atoms. The first-order valence-electron chi connectivity index (χ1n) is 10.9. The molecule has 0 bridgehead atoms. The third-order valence-corrected chi connectivity index (χ3v) is 6.45. The number of thiazole rings is 1. The molecular formula is C26H26N2O4S. The molecule has 1 amide bonds. The molecule has 0 atom stereocenters. The molecule has 2 heterocycles. The Morgan fingerprint density at radius 1 is 1.18 bits per heavy atom. The van der Waals surface area contributed by atoms with Gasteiger partial charge in [-0.05, 0) is 55.2 Å². The molecule has 6 nitrogen and oxygen atoms in total. The molecule has 0 aliphatic heterocycles. The maximum Gasteiger partial charge on any atom is 0.336 e. The summed E-state index contributed by atoms with van der Waals surface area (Å²) in [7, 11) is 0. The van der Waals surface area contributed by atoms with Crippen molar-refractivity contribution in [1.29, 1.82) is 0 Å². The molecule has 7 heteroatoms. The van der Waals surface area contributed by atoms with E-state index in [0.717, 1.165) is 40.6 Å². The molecule has 0 saturated carbocycles. The third-order valence-electron chi connectivity index (χ3n) is 5.57. The largest absolute Gasteiger partial charge is 0.487 e. The number of hydrogen-bond acceptors (Lipinski definition) is 6. The highest BCUT2D eigenvalue weighted by molar-refractivity contribution is 7.14. The lowest BCUT2D eigenvalue weighted by Gasteiger charge is -2.21. The first-order chi connectivity index (χ1) is 15.9. The molecule has 2 aromatic carbocycles. The number of ether oxygens (including phenoxy) is 1. The van der Waals surface area contributed by atoms with Gasteiger partial charge in [0.1, 0.15) is 17.9 Å². The van der Waals surface area contributed by atoms with Crippen LogP contribution in [0.5, 0.6) is 5.75 Å². The molecule has 0 fully saturated rings. The number of hydrogen-bond donors (Lipinski definition) is 0. The Bertz CT molecular complexity index is 1370. The van der Waals surface area contributed by atoms with Crippen LogP contribution in [-0.4, -0.2) is 10.9 Å². The number of aryl methyl sites for hydroxylation is 2. The zero-order valence-electron chi connectivity index (χ0n) is 19.2. The number of anilines is 2. The van der Waals surface area contributed by atoms with Crippen molar-refractivity contribution < 1.29 is 13.9 Å². The Balaban J connectivity index is 1.55. The standard InChI is InChI=1S/C26H26N2O4S/c1-5-7-19-12-25(30)32-24-13-21(10-11-22(19)24)31-14-20-15-33-26(27-20)28(18(4)29)23-9-6-8-16(2)17(23)3/h6,8-13,15H,5,7,14H2,1-4H3. The van der Waals surface area contributed by atoms with E-state index in [1.54, 1.807) is 17.0 Å². The summed E-state index contributed by atoms with van der Waals surface area (Å²) in [6, 6.07) is 13.0. The van der Waals surface area contributed by atoms with Gasteiger partial charge in [-0.2, -0.15) is 0 Å². The third kappa shape index (κ3) is 4.83. The maximum atomic E-state index is 12.4. The van der Waals surface area contributed by atoms with Crippen LogP contribution in [0.25, 0.3) is 11.0 Å². The normalized spacial score (nSPS) is 11.0. The van der Waals surface area contributed by atoms with Gasteiger partial charge in [-0.15, -0.1) is 11.3 Å². The highest BCUT2D eigenvalue weighted by atomic mass is 32.1. The van der Waals surface area contributed by atoms with Crippen molar-refractivity contribution >= 4 is 39.0 Å². The molecule has 4 aromatic rings. The predicted octanol–water partition coefficient (Wildman–Crippen LogP) is 6.08. The zero-order chi connectivity index (χ0) is 23.5. The summed E-state index contributed by atoms with van der Waals surface area (Å²) < 4.78 is 11.3. The second-order valence-electron chi connectivity index (χ2n) is 7.98. The Hall–Kier alpha value is -3.45. The van der Waals surface area contributed by atoms with Gasteiger partial charge in [0.05, 0.1) is 11.4 Å². The van der Waals surface area contributed by atoms with Gasteiger partial charge in [0.2, 0.25) is 5.91 Å². The Kier molecular flexibility index (Phi) is 6.60. The number of carbonyl (C=O) groups excluding carboxylic acids is 1. The van der Waals surface area contributed by atoms with E-state index in [2.05, 4.69) is 11.9 Å². The number of fused-ring (bicyclic) bond motifs is 1. The zero-order valence-corrected chi connectivity index (χ0v) is 20.0. The summed E-state index contributed by atoms with van der Waals surface area (Å²) >= 11 is 1.40. The molecular weight excluding hydrogens is 436 g/mol. The van der Waals surface area contributed by atoms with Crippen LogP contribution >= 0.6 is 11.3 Å². The SMILES string of the molecule is CCCc1cc(=O)oc2cc(OCc3csc(N(C(C)=O)c4cccc(C)c4C)n3)ccc12. The Labute approximate surface area is 196 Å². The first-order valence-corrected chi connectivity index (χ1v) is 11.8. The predicted molar refractivity (Wildman–Crippen MR) is 132 cm³/mol. The van der Waals surface area contributed by atoms with Crippen LogP contribution in [0.4, 0.5) is 10.8 Å². The monoisotopic (exact) mass is 462 g/mol. The number of carbonyl (C=O) groups is 1. The average Bonchev–Trinajstić information content (AvgIpc) is 3.23. The van der Waals surface area contributed by atoms with Crippen LogP contribution in [0.3, 0.4) is 0 Å². The van der Waals surface area contributed by atoms with Gasteiger partial charge in [0.25, 0.3) is 0 Å². The smallest absolute Gasteiger partial charge is 0.336 e. The van der Waals surface area contributed by atoms with Gasteiger partial charge in [0, 0.05) is 29.8 Å². The van der Waals surface area contributed by atoms with Crippen LogP contribution in [-0.2, 0) is 17.8 Å². The lowest BCUT2D eigenvalue weighted by atomic mass is 10.1. The summed E-state index contributed by atoms with van der Waals surface area (Å²) in [5.74, 6) is 0.491. The van der Waals surface area contributed by atoms with Crippen molar-refractivity contribution in [2.75, 3.05) is 4.90 Å². The van der Waals surface area contributed by atoms with Gasteiger partial charge in [-0.3, -0.25) is 9.69 Å². The highest BCUT2D eigenvalue weighted by Gasteiger charge is 2.20. The van der Waals surface area contributed by atoms with Gasteiger partial charge in [-0.25, -0.2) is 9.78 Å². The molecule has 0 aliphatic carbocycles.